The number of likely N-dealkylation sites (N-methyl/N-ethyl adjacent to an activating group) is 1. The van der Waals surface area contributed by atoms with Crippen LogP contribution in [0.25, 0.3) is 0 Å². The highest BCUT2D eigenvalue weighted by Gasteiger charge is 2.27. The summed E-state index contributed by atoms with van der Waals surface area (Å²) in [7, 11) is 1.54. The second-order valence-electron chi connectivity index (χ2n) is 5.56. The molecule has 0 saturated heterocycles. The van der Waals surface area contributed by atoms with Crippen LogP contribution in [0.1, 0.15) is 52.4 Å². The highest BCUT2D eigenvalue weighted by molar-refractivity contribution is 5.99. The first-order valence-corrected chi connectivity index (χ1v) is 7.93. The summed E-state index contributed by atoms with van der Waals surface area (Å²) in [5.41, 5.74) is 1.28. The number of rotatable bonds is 7. The summed E-state index contributed by atoms with van der Waals surface area (Å²) < 4.78 is 10.2. The molecule has 0 aromatic carbocycles. The van der Waals surface area contributed by atoms with Gasteiger partial charge in [0, 0.05) is 19.3 Å². The number of nitriles is 1. The van der Waals surface area contributed by atoms with Crippen molar-refractivity contribution in [2.45, 2.75) is 40.2 Å². The molecule has 136 valence electrons. The second-order valence-corrected chi connectivity index (χ2v) is 5.56. The Morgan fingerprint density at radius 3 is 2.48 bits per heavy atom. The molecule has 0 radical (unpaired) electrons. The van der Waals surface area contributed by atoms with Crippen molar-refractivity contribution >= 4 is 17.8 Å². The predicted octanol–water partition coefficient (Wildman–Crippen LogP) is 1.73. The van der Waals surface area contributed by atoms with Crippen LogP contribution in [-0.2, 0) is 14.3 Å². The monoisotopic (exact) mass is 349 g/mol. The lowest BCUT2D eigenvalue weighted by Gasteiger charge is -2.20. The van der Waals surface area contributed by atoms with Gasteiger partial charge in [0.15, 0.2) is 6.10 Å². The topological polar surface area (TPSA) is 112 Å². The van der Waals surface area contributed by atoms with Gasteiger partial charge in [-0.2, -0.15) is 5.26 Å². The molecule has 1 atom stereocenters. The van der Waals surface area contributed by atoms with Gasteiger partial charge in [0.1, 0.15) is 5.69 Å². The van der Waals surface area contributed by atoms with Crippen molar-refractivity contribution in [2.75, 3.05) is 20.2 Å². The average Bonchev–Trinajstić information content (AvgIpc) is 2.86. The van der Waals surface area contributed by atoms with E-state index in [0.717, 1.165) is 0 Å². The van der Waals surface area contributed by atoms with Crippen molar-refractivity contribution in [3.8, 4) is 6.07 Å². The zero-order valence-electron chi connectivity index (χ0n) is 15.1. The number of hydrogen-bond donors (Lipinski definition) is 1. The van der Waals surface area contributed by atoms with Gasteiger partial charge in [0.25, 0.3) is 5.91 Å². The summed E-state index contributed by atoms with van der Waals surface area (Å²) >= 11 is 0. The minimum Gasteiger partial charge on any atom is -0.461 e. The summed E-state index contributed by atoms with van der Waals surface area (Å²) in [6.07, 6.45) is -0.807. The molecule has 0 aliphatic heterocycles. The number of aromatic amines is 1. The molecule has 25 heavy (non-hydrogen) atoms. The van der Waals surface area contributed by atoms with E-state index >= 15 is 0 Å². The van der Waals surface area contributed by atoms with Crippen LogP contribution in [0.3, 0.4) is 0 Å². The molecule has 1 aromatic rings. The van der Waals surface area contributed by atoms with Crippen molar-refractivity contribution in [3.05, 3.63) is 22.5 Å². The summed E-state index contributed by atoms with van der Waals surface area (Å²) in [5.74, 6) is -1.65. The molecule has 0 bridgehead atoms. The van der Waals surface area contributed by atoms with E-state index in [1.807, 2.05) is 6.07 Å². The number of H-pyrrole nitrogens is 1. The zero-order valence-corrected chi connectivity index (χ0v) is 15.1. The fraction of sp³-hybridized carbons (Fsp3) is 0.529. The predicted molar refractivity (Wildman–Crippen MR) is 89.0 cm³/mol. The molecule has 1 aromatic heterocycles. The Kier molecular flexibility index (Phi) is 7.18. The fourth-order valence-corrected chi connectivity index (χ4v) is 2.37. The van der Waals surface area contributed by atoms with Crippen molar-refractivity contribution in [1.82, 2.24) is 9.88 Å². The molecule has 0 aliphatic carbocycles. The van der Waals surface area contributed by atoms with Gasteiger partial charge in [-0.15, -0.1) is 0 Å². The number of carbonyl (C=O) groups excluding carboxylic acids is 3. The van der Waals surface area contributed by atoms with E-state index in [1.54, 1.807) is 20.8 Å². The number of ether oxygens (including phenoxy) is 2. The van der Waals surface area contributed by atoms with E-state index in [-0.39, 0.29) is 30.8 Å². The van der Waals surface area contributed by atoms with E-state index < -0.39 is 23.9 Å². The second kappa shape index (κ2) is 8.87. The molecule has 0 aliphatic rings. The molecule has 1 rings (SSSR count). The van der Waals surface area contributed by atoms with Crippen LogP contribution < -0.4 is 0 Å². The third kappa shape index (κ3) is 4.83. The Morgan fingerprint density at radius 2 is 1.92 bits per heavy atom. The number of carbonyl (C=O) groups is 3. The maximum atomic E-state index is 12.4. The normalized spacial score (nSPS) is 11.4. The third-order valence-corrected chi connectivity index (χ3v) is 3.69. The minimum atomic E-state index is -1.00. The van der Waals surface area contributed by atoms with Crippen LogP contribution in [0.4, 0.5) is 0 Å². The highest BCUT2D eigenvalue weighted by atomic mass is 16.5. The molecule has 0 spiro atoms. The van der Waals surface area contributed by atoms with Crippen LogP contribution in [0.5, 0.6) is 0 Å². The fourth-order valence-electron chi connectivity index (χ4n) is 2.37. The first kappa shape index (κ1) is 20.2. The number of amides is 1. The number of esters is 2. The standard InChI is InChI=1S/C17H23N3O5/c1-6-24-17(23)14-10(2)13(11(3)19-14)16(22)25-12(4)15(21)20(5)9-7-8-18/h12,19H,6-7,9H2,1-5H3/t12-/m1/s1. The van der Waals surface area contributed by atoms with E-state index in [1.165, 1.54) is 18.9 Å². The van der Waals surface area contributed by atoms with Crippen LogP contribution in [0, 0.1) is 25.2 Å². The van der Waals surface area contributed by atoms with Crippen molar-refractivity contribution in [2.24, 2.45) is 0 Å². The lowest BCUT2D eigenvalue weighted by molar-refractivity contribution is -0.138. The Bertz CT molecular complexity index is 702. The van der Waals surface area contributed by atoms with Gasteiger partial charge >= 0.3 is 11.9 Å². The lowest BCUT2D eigenvalue weighted by atomic mass is 10.1. The number of nitrogens with zero attached hydrogens (tertiary/aromatic N) is 2. The Labute approximate surface area is 146 Å². The molecule has 0 unspecified atom stereocenters. The highest BCUT2D eigenvalue weighted by Crippen LogP contribution is 2.20. The minimum absolute atomic E-state index is 0.191. The largest absolute Gasteiger partial charge is 0.461 e. The number of hydrogen-bond acceptors (Lipinski definition) is 6. The molecular weight excluding hydrogens is 326 g/mol. The summed E-state index contributed by atoms with van der Waals surface area (Å²) in [6, 6.07) is 1.95. The average molecular weight is 349 g/mol. The molecule has 1 heterocycles. The van der Waals surface area contributed by atoms with Gasteiger partial charge in [-0.05, 0) is 33.3 Å². The molecular formula is C17H23N3O5. The van der Waals surface area contributed by atoms with Crippen molar-refractivity contribution in [3.63, 3.8) is 0 Å². The molecule has 1 N–H and O–H groups in total. The zero-order chi connectivity index (χ0) is 19.1. The molecule has 0 saturated carbocycles. The van der Waals surface area contributed by atoms with Crippen LogP contribution in [-0.4, -0.2) is 54.0 Å². The van der Waals surface area contributed by atoms with Gasteiger partial charge in [0.05, 0.1) is 24.7 Å². The lowest BCUT2D eigenvalue weighted by Crippen LogP contribution is -2.38. The smallest absolute Gasteiger partial charge is 0.355 e. The van der Waals surface area contributed by atoms with Gasteiger partial charge in [-0.25, -0.2) is 9.59 Å². The summed E-state index contributed by atoms with van der Waals surface area (Å²) in [6.45, 7) is 6.87. The molecule has 0 fully saturated rings. The van der Waals surface area contributed by atoms with Gasteiger partial charge in [-0.1, -0.05) is 0 Å². The van der Waals surface area contributed by atoms with Crippen molar-refractivity contribution in [1.29, 1.82) is 5.26 Å². The maximum Gasteiger partial charge on any atom is 0.355 e. The van der Waals surface area contributed by atoms with Crippen LogP contribution in [0.15, 0.2) is 0 Å². The van der Waals surface area contributed by atoms with E-state index in [2.05, 4.69) is 4.98 Å². The van der Waals surface area contributed by atoms with Gasteiger partial charge in [0.2, 0.25) is 0 Å². The van der Waals surface area contributed by atoms with Gasteiger partial charge in [-0.3, -0.25) is 4.79 Å². The van der Waals surface area contributed by atoms with E-state index in [9.17, 15) is 14.4 Å². The number of aryl methyl sites for hydroxylation is 1. The van der Waals surface area contributed by atoms with Crippen LogP contribution in [0.2, 0.25) is 0 Å². The Hall–Kier alpha value is -2.82. The summed E-state index contributed by atoms with van der Waals surface area (Å²) in [5, 5.41) is 8.56. The molecule has 1 amide bonds. The van der Waals surface area contributed by atoms with E-state index in [4.69, 9.17) is 14.7 Å². The SMILES string of the molecule is CCOC(=O)c1[nH]c(C)c(C(=O)O[C@H](C)C(=O)N(C)CCC#N)c1C. The Balaban J connectivity index is 2.89. The Morgan fingerprint density at radius 1 is 1.28 bits per heavy atom. The van der Waals surface area contributed by atoms with E-state index in [0.29, 0.717) is 11.3 Å². The maximum absolute atomic E-state index is 12.4. The van der Waals surface area contributed by atoms with Gasteiger partial charge < -0.3 is 19.4 Å². The first-order chi connectivity index (χ1) is 11.7. The van der Waals surface area contributed by atoms with Crippen molar-refractivity contribution < 1.29 is 23.9 Å². The van der Waals surface area contributed by atoms with Crippen LogP contribution >= 0.6 is 0 Å². The number of nitrogens with one attached hydrogen (secondary N) is 1. The number of aromatic nitrogens is 1. The molecule has 8 nitrogen and oxygen atoms in total. The quantitative estimate of drug-likeness (QED) is 0.750. The third-order valence-electron chi connectivity index (χ3n) is 3.69. The summed E-state index contributed by atoms with van der Waals surface area (Å²) in [4.78, 5) is 40.6. The first-order valence-electron chi connectivity index (χ1n) is 7.93. The molecule has 8 heteroatoms.